The maximum absolute atomic E-state index is 11.4. The van der Waals surface area contributed by atoms with Crippen LogP contribution in [0.2, 0.25) is 0 Å². The number of carbonyl (C=O) groups is 3. The third kappa shape index (κ3) is 3.24. The molecule has 0 aromatic carbocycles. The van der Waals surface area contributed by atoms with Crippen LogP contribution in [0.15, 0.2) is 12.7 Å². The summed E-state index contributed by atoms with van der Waals surface area (Å²) in [6, 6.07) is 0. The second-order valence-corrected chi connectivity index (χ2v) is 4.62. The Labute approximate surface area is 110 Å². The van der Waals surface area contributed by atoms with Crippen LogP contribution in [0.3, 0.4) is 0 Å². The van der Waals surface area contributed by atoms with Gasteiger partial charge in [-0.3, -0.25) is 9.69 Å². The van der Waals surface area contributed by atoms with Crippen LogP contribution in [-0.2, 0) is 14.3 Å². The van der Waals surface area contributed by atoms with Crippen molar-refractivity contribution < 1.29 is 29.3 Å². The molecule has 0 aromatic heterocycles. The summed E-state index contributed by atoms with van der Waals surface area (Å²) in [7, 11) is 0. The average molecular weight is 271 g/mol. The van der Waals surface area contributed by atoms with Crippen LogP contribution < -0.4 is 0 Å². The minimum absolute atomic E-state index is 0.0472. The minimum Gasteiger partial charge on any atom is -0.480 e. The number of allylic oxidation sites excluding steroid dienone is 1. The van der Waals surface area contributed by atoms with Gasteiger partial charge in [0.2, 0.25) is 0 Å². The van der Waals surface area contributed by atoms with Gasteiger partial charge in [-0.15, -0.1) is 6.58 Å². The molecular formula is C12H17NO6. The van der Waals surface area contributed by atoms with E-state index in [0.29, 0.717) is 6.42 Å². The van der Waals surface area contributed by atoms with Crippen LogP contribution in [-0.4, -0.2) is 51.3 Å². The summed E-state index contributed by atoms with van der Waals surface area (Å²) in [6.07, 6.45) is 0.0698. The highest BCUT2D eigenvalue weighted by atomic mass is 16.5. The molecule has 2 N–H and O–H groups in total. The summed E-state index contributed by atoms with van der Waals surface area (Å²) < 4.78 is 5.08. The van der Waals surface area contributed by atoms with Crippen LogP contribution in [0.1, 0.15) is 26.2 Å². The maximum Gasteiger partial charge on any atom is 0.408 e. The Bertz CT molecular complexity index is 407. The number of hydrogen-bond donors (Lipinski definition) is 2. The molecule has 7 heteroatoms. The smallest absolute Gasteiger partial charge is 0.408 e. The number of esters is 1. The molecule has 1 saturated heterocycles. The number of nitrogens with zero attached hydrogens (tertiary/aromatic N) is 1. The largest absolute Gasteiger partial charge is 0.480 e. The SMILES string of the molecule is C=CCCC(=O)O[C@H]1CN(C(=O)O)C(C)(C(=O)O)C1. The minimum atomic E-state index is -1.56. The number of carboxylic acids is 1. The molecule has 106 valence electrons. The second-order valence-electron chi connectivity index (χ2n) is 4.62. The van der Waals surface area contributed by atoms with Crippen molar-refractivity contribution in [3.8, 4) is 0 Å². The van der Waals surface area contributed by atoms with Gasteiger partial charge in [-0.25, -0.2) is 9.59 Å². The molecule has 1 amide bonds. The van der Waals surface area contributed by atoms with Crippen molar-refractivity contribution in [3.63, 3.8) is 0 Å². The van der Waals surface area contributed by atoms with Gasteiger partial charge in [0.05, 0.1) is 6.54 Å². The molecule has 0 saturated carbocycles. The first kappa shape index (κ1) is 15.0. The summed E-state index contributed by atoms with van der Waals surface area (Å²) in [5, 5.41) is 18.1. The zero-order valence-corrected chi connectivity index (χ0v) is 10.7. The lowest BCUT2D eigenvalue weighted by Crippen LogP contribution is -2.50. The van der Waals surface area contributed by atoms with E-state index in [1.807, 2.05) is 0 Å². The lowest BCUT2D eigenvalue weighted by molar-refractivity contribution is -0.151. The van der Waals surface area contributed by atoms with Gasteiger partial charge in [-0.2, -0.15) is 0 Å². The molecule has 0 radical (unpaired) electrons. The normalized spacial score (nSPS) is 25.9. The molecule has 0 spiro atoms. The molecule has 7 nitrogen and oxygen atoms in total. The van der Waals surface area contributed by atoms with E-state index in [1.165, 1.54) is 6.92 Å². The molecule has 1 fully saturated rings. The van der Waals surface area contributed by atoms with Crippen LogP contribution in [0, 0.1) is 0 Å². The Morgan fingerprint density at radius 1 is 1.47 bits per heavy atom. The van der Waals surface area contributed by atoms with E-state index in [4.69, 9.17) is 14.9 Å². The van der Waals surface area contributed by atoms with E-state index in [2.05, 4.69) is 6.58 Å². The van der Waals surface area contributed by atoms with Crippen molar-refractivity contribution in [3.05, 3.63) is 12.7 Å². The Morgan fingerprint density at radius 2 is 2.11 bits per heavy atom. The topological polar surface area (TPSA) is 104 Å². The fraction of sp³-hybridized carbons (Fsp3) is 0.583. The number of hydrogen-bond acceptors (Lipinski definition) is 4. The van der Waals surface area contributed by atoms with Crippen molar-refractivity contribution in [1.82, 2.24) is 4.90 Å². The average Bonchev–Trinajstić information content (AvgIpc) is 2.65. The van der Waals surface area contributed by atoms with E-state index in [0.717, 1.165) is 4.90 Å². The third-order valence-corrected chi connectivity index (χ3v) is 3.15. The van der Waals surface area contributed by atoms with E-state index >= 15 is 0 Å². The van der Waals surface area contributed by atoms with Crippen molar-refractivity contribution in [2.24, 2.45) is 0 Å². The highest BCUT2D eigenvalue weighted by Gasteiger charge is 2.51. The number of amides is 1. The lowest BCUT2D eigenvalue weighted by atomic mass is 9.99. The van der Waals surface area contributed by atoms with Crippen molar-refractivity contribution in [1.29, 1.82) is 0 Å². The zero-order valence-electron chi connectivity index (χ0n) is 10.7. The van der Waals surface area contributed by atoms with Gasteiger partial charge in [0.1, 0.15) is 11.6 Å². The summed E-state index contributed by atoms with van der Waals surface area (Å²) in [5.41, 5.74) is -1.56. The third-order valence-electron chi connectivity index (χ3n) is 3.15. The van der Waals surface area contributed by atoms with Crippen LogP contribution in [0.4, 0.5) is 4.79 Å². The van der Waals surface area contributed by atoms with Gasteiger partial charge in [-0.1, -0.05) is 6.08 Å². The standard InChI is InChI=1S/C12H17NO6/c1-3-4-5-9(14)19-8-6-12(2,10(15)16)13(7-8)11(17)18/h3,8H,1,4-7H2,2H3,(H,15,16)(H,17,18)/t8-,12?/m1/s1. The summed E-state index contributed by atoms with van der Waals surface area (Å²) in [5.74, 6) is -1.73. The predicted molar refractivity (Wildman–Crippen MR) is 64.7 cm³/mol. The molecule has 1 rings (SSSR count). The number of carboxylic acid groups (broad SMARTS) is 2. The Hall–Kier alpha value is -2.05. The van der Waals surface area contributed by atoms with Gasteiger partial charge in [0.15, 0.2) is 0 Å². The highest BCUT2D eigenvalue weighted by molar-refractivity contribution is 5.84. The Balaban J connectivity index is 2.71. The van der Waals surface area contributed by atoms with Crippen LogP contribution >= 0.6 is 0 Å². The molecule has 0 bridgehead atoms. The summed E-state index contributed by atoms with van der Waals surface area (Å²) in [4.78, 5) is 34.4. The number of aliphatic carboxylic acids is 1. The van der Waals surface area contributed by atoms with Crippen molar-refractivity contribution in [2.75, 3.05) is 6.54 Å². The highest BCUT2D eigenvalue weighted by Crippen LogP contribution is 2.31. The first-order valence-corrected chi connectivity index (χ1v) is 5.85. The Morgan fingerprint density at radius 3 is 2.53 bits per heavy atom. The number of ether oxygens (including phenoxy) is 1. The van der Waals surface area contributed by atoms with E-state index in [-0.39, 0.29) is 19.4 Å². The van der Waals surface area contributed by atoms with Crippen LogP contribution in [0.25, 0.3) is 0 Å². The van der Waals surface area contributed by atoms with Gasteiger partial charge in [-0.05, 0) is 13.3 Å². The molecule has 0 aliphatic carbocycles. The number of likely N-dealkylation sites (tertiary alicyclic amines) is 1. The van der Waals surface area contributed by atoms with Crippen LogP contribution in [0.5, 0.6) is 0 Å². The molecule has 19 heavy (non-hydrogen) atoms. The molecule has 1 aliphatic heterocycles. The van der Waals surface area contributed by atoms with Crippen molar-refractivity contribution >= 4 is 18.0 Å². The predicted octanol–water partition coefficient (Wildman–Crippen LogP) is 1.09. The molecule has 1 heterocycles. The quantitative estimate of drug-likeness (QED) is 0.573. The molecule has 0 aromatic rings. The van der Waals surface area contributed by atoms with E-state index < -0.39 is 29.7 Å². The molecule has 1 aliphatic rings. The summed E-state index contributed by atoms with van der Waals surface area (Å²) >= 11 is 0. The fourth-order valence-corrected chi connectivity index (χ4v) is 2.06. The van der Waals surface area contributed by atoms with Gasteiger partial charge >= 0.3 is 18.0 Å². The van der Waals surface area contributed by atoms with Gasteiger partial charge in [0.25, 0.3) is 0 Å². The number of carbonyl (C=O) groups excluding carboxylic acids is 1. The molecular weight excluding hydrogens is 254 g/mol. The first-order chi connectivity index (χ1) is 8.81. The summed E-state index contributed by atoms with van der Waals surface area (Å²) in [6.45, 7) is 4.65. The van der Waals surface area contributed by atoms with E-state index in [1.54, 1.807) is 6.08 Å². The second kappa shape index (κ2) is 5.73. The molecule has 2 atom stereocenters. The monoisotopic (exact) mass is 271 g/mol. The molecule has 1 unspecified atom stereocenters. The lowest BCUT2D eigenvalue weighted by Gasteiger charge is -2.27. The maximum atomic E-state index is 11.4. The first-order valence-electron chi connectivity index (χ1n) is 5.85. The van der Waals surface area contributed by atoms with Crippen molar-refractivity contribution in [2.45, 2.75) is 37.8 Å². The van der Waals surface area contributed by atoms with Gasteiger partial charge in [0, 0.05) is 12.8 Å². The Kier molecular flexibility index (Phi) is 4.52. The number of rotatable bonds is 5. The van der Waals surface area contributed by atoms with E-state index in [9.17, 15) is 14.4 Å². The fourth-order valence-electron chi connectivity index (χ4n) is 2.06. The zero-order chi connectivity index (χ0) is 14.6. The van der Waals surface area contributed by atoms with Gasteiger partial charge < -0.3 is 14.9 Å².